The van der Waals surface area contributed by atoms with Crippen LogP contribution < -0.4 is 0 Å². The lowest BCUT2D eigenvalue weighted by molar-refractivity contribution is 0.102. The SMILES string of the molecule is Cc1ccc(C)c(C(=O)CS(=O)C(C)(C)C)c1. The number of carbonyl (C=O) groups is 1. The minimum Gasteiger partial charge on any atom is -0.293 e. The van der Waals surface area contributed by atoms with E-state index in [0.717, 1.165) is 11.1 Å². The van der Waals surface area contributed by atoms with Crippen LogP contribution in [0.4, 0.5) is 0 Å². The van der Waals surface area contributed by atoms with E-state index >= 15 is 0 Å². The maximum Gasteiger partial charge on any atom is 0.175 e. The van der Waals surface area contributed by atoms with Crippen LogP contribution in [0.25, 0.3) is 0 Å². The first-order chi connectivity index (χ1) is 7.71. The molecule has 0 aliphatic rings. The van der Waals surface area contributed by atoms with Gasteiger partial charge < -0.3 is 0 Å². The topological polar surface area (TPSA) is 34.1 Å². The van der Waals surface area contributed by atoms with Crippen LogP contribution >= 0.6 is 0 Å². The second-order valence-corrected chi connectivity index (χ2v) is 7.55. The second kappa shape index (κ2) is 5.13. The Hall–Kier alpha value is -0.960. The minimum atomic E-state index is -1.13. The molecule has 2 nitrogen and oxygen atoms in total. The lowest BCUT2D eigenvalue weighted by atomic mass is 10.0. The monoisotopic (exact) mass is 252 g/mol. The maximum absolute atomic E-state index is 12.1. The highest BCUT2D eigenvalue weighted by atomic mass is 32.2. The maximum atomic E-state index is 12.1. The van der Waals surface area contributed by atoms with E-state index in [1.807, 2.05) is 52.8 Å². The van der Waals surface area contributed by atoms with Gasteiger partial charge in [-0.3, -0.25) is 9.00 Å². The number of hydrogen-bond acceptors (Lipinski definition) is 2. The summed E-state index contributed by atoms with van der Waals surface area (Å²) >= 11 is 0. The fraction of sp³-hybridized carbons (Fsp3) is 0.500. The fourth-order valence-electron chi connectivity index (χ4n) is 1.45. The predicted octanol–water partition coefficient (Wildman–Crippen LogP) is 3.03. The van der Waals surface area contributed by atoms with Crippen molar-refractivity contribution >= 4 is 16.6 Å². The first-order valence-electron chi connectivity index (χ1n) is 5.71. The average molecular weight is 252 g/mol. The van der Waals surface area contributed by atoms with E-state index in [-0.39, 0.29) is 16.3 Å². The molecule has 0 saturated heterocycles. The Kier molecular flexibility index (Phi) is 4.26. The summed E-state index contributed by atoms with van der Waals surface area (Å²) in [6, 6.07) is 5.78. The molecular formula is C14H20O2S. The molecule has 0 aromatic heterocycles. The molecule has 0 amide bonds. The molecule has 0 N–H and O–H groups in total. The van der Waals surface area contributed by atoms with Crippen molar-refractivity contribution in [3.05, 3.63) is 34.9 Å². The molecule has 0 bridgehead atoms. The van der Waals surface area contributed by atoms with Crippen LogP contribution in [-0.4, -0.2) is 20.5 Å². The zero-order valence-corrected chi connectivity index (χ0v) is 12.0. The molecule has 94 valence electrons. The van der Waals surface area contributed by atoms with Crippen molar-refractivity contribution in [1.82, 2.24) is 0 Å². The number of Topliss-reactive ketones (excluding diaryl/α,β-unsaturated/α-hetero) is 1. The van der Waals surface area contributed by atoms with Gasteiger partial charge in [0, 0.05) is 21.1 Å². The van der Waals surface area contributed by atoms with E-state index in [9.17, 15) is 9.00 Å². The van der Waals surface area contributed by atoms with E-state index < -0.39 is 10.8 Å². The molecule has 0 heterocycles. The largest absolute Gasteiger partial charge is 0.293 e. The summed E-state index contributed by atoms with van der Waals surface area (Å²) in [6.07, 6.45) is 0. The van der Waals surface area contributed by atoms with Crippen molar-refractivity contribution in [2.75, 3.05) is 5.75 Å². The van der Waals surface area contributed by atoms with Gasteiger partial charge in [-0.15, -0.1) is 0 Å². The molecule has 1 atom stereocenters. The Labute approximate surface area is 106 Å². The Bertz CT molecular complexity index is 456. The first-order valence-corrected chi connectivity index (χ1v) is 7.02. The third kappa shape index (κ3) is 3.77. The summed E-state index contributed by atoms with van der Waals surface area (Å²) in [7, 11) is -1.13. The standard InChI is InChI=1S/C14H20O2S/c1-10-6-7-11(2)12(8-10)13(15)9-17(16)14(3,4)5/h6-8H,9H2,1-5H3. The van der Waals surface area contributed by atoms with E-state index in [4.69, 9.17) is 0 Å². The lowest BCUT2D eigenvalue weighted by Gasteiger charge is -2.17. The van der Waals surface area contributed by atoms with Gasteiger partial charge in [0.25, 0.3) is 0 Å². The van der Waals surface area contributed by atoms with Gasteiger partial charge in [0.05, 0.1) is 5.75 Å². The van der Waals surface area contributed by atoms with Crippen LogP contribution in [0, 0.1) is 13.8 Å². The van der Waals surface area contributed by atoms with Gasteiger partial charge in [0.2, 0.25) is 0 Å². The number of ketones is 1. The first kappa shape index (κ1) is 14.1. The van der Waals surface area contributed by atoms with Crippen molar-refractivity contribution < 1.29 is 9.00 Å². The highest BCUT2D eigenvalue weighted by Crippen LogP contribution is 2.16. The highest BCUT2D eigenvalue weighted by Gasteiger charge is 2.23. The van der Waals surface area contributed by atoms with E-state index in [0.29, 0.717) is 5.56 Å². The predicted molar refractivity (Wildman–Crippen MR) is 73.0 cm³/mol. The number of carbonyl (C=O) groups excluding carboxylic acids is 1. The molecule has 0 saturated carbocycles. The molecule has 1 unspecified atom stereocenters. The van der Waals surface area contributed by atoms with Gasteiger partial charge in [-0.05, 0) is 46.2 Å². The molecule has 1 aromatic rings. The van der Waals surface area contributed by atoms with Crippen LogP contribution in [0.15, 0.2) is 18.2 Å². The van der Waals surface area contributed by atoms with Gasteiger partial charge in [-0.25, -0.2) is 0 Å². The average Bonchev–Trinajstić information content (AvgIpc) is 2.20. The Morgan fingerprint density at radius 1 is 1.24 bits per heavy atom. The molecule has 3 heteroatoms. The van der Waals surface area contributed by atoms with Crippen molar-refractivity contribution in [3.63, 3.8) is 0 Å². The summed E-state index contributed by atoms with van der Waals surface area (Å²) in [5.41, 5.74) is 2.70. The van der Waals surface area contributed by atoms with E-state index in [1.165, 1.54) is 0 Å². The van der Waals surface area contributed by atoms with Gasteiger partial charge in [-0.2, -0.15) is 0 Å². The molecule has 0 spiro atoms. The van der Waals surface area contributed by atoms with Crippen LogP contribution in [0.3, 0.4) is 0 Å². The van der Waals surface area contributed by atoms with Crippen molar-refractivity contribution in [1.29, 1.82) is 0 Å². The molecular weight excluding hydrogens is 232 g/mol. The van der Waals surface area contributed by atoms with E-state index in [1.54, 1.807) is 0 Å². The Balaban J connectivity index is 2.91. The summed E-state index contributed by atoms with van der Waals surface area (Å²) in [5.74, 6) is 0.0767. The molecule has 0 aliphatic heterocycles. The quantitative estimate of drug-likeness (QED) is 0.775. The van der Waals surface area contributed by atoms with Crippen LogP contribution in [0.5, 0.6) is 0 Å². The Morgan fingerprint density at radius 2 is 1.82 bits per heavy atom. The van der Waals surface area contributed by atoms with Gasteiger partial charge >= 0.3 is 0 Å². The lowest BCUT2D eigenvalue weighted by Crippen LogP contribution is -2.27. The molecule has 0 fully saturated rings. The molecule has 1 rings (SSSR count). The summed E-state index contributed by atoms with van der Waals surface area (Å²) in [5, 5.41) is 0. The highest BCUT2D eigenvalue weighted by molar-refractivity contribution is 7.87. The van der Waals surface area contributed by atoms with Crippen molar-refractivity contribution in [2.45, 2.75) is 39.4 Å². The fourth-order valence-corrected chi connectivity index (χ4v) is 2.28. The summed E-state index contributed by atoms with van der Waals surface area (Å²) < 4.78 is 11.6. The Morgan fingerprint density at radius 3 is 2.35 bits per heavy atom. The molecule has 17 heavy (non-hydrogen) atoms. The van der Waals surface area contributed by atoms with Crippen LogP contribution in [0.1, 0.15) is 42.3 Å². The van der Waals surface area contributed by atoms with E-state index in [2.05, 4.69) is 0 Å². The molecule has 0 aliphatic carbocycles. The van der Waals surface area contributed by atoms with Gasteiger partial charge in [-0.1, -0.05) is 17.7 Å². The number of aryl methyl sites for hydroxylation is 2. The van der Waals surface area contributed by atoms with Gasteiger partial charge in [0.15, 0.2) is 5.78 Å². The zero-order valence-electron chi connectivity index (χ0n) is 11.2. The molecule has 0 radical (unpaired) electrons. The smallest absolute Gasteiger partial charge is 0.175 e. The summed E-state index contributed by atoms with van der Waals surface area (Å²) in [4.78, 5) is 12.1. The third-order valence-electron chi connectivity index (χ3n) is 2.64. The molecule has 1 aromatic carbocycles. The second-order valence-electron chi connectivity index (χ2n) is 5.34. The third-order valence-corrected chi connectivity index (χ3v) is 4.53. The number of rotatable bonds is 3. The van der Waals surface area contributed by atoms with Gasteiger partial charge in [0.1, 0.15) is 0 Å². The van der Waals surface area contributed by atoms with Crippen LogP contribution in [0.2, 0.25) is 0 Å². The normalized spacial score (nSPS) is 13.5. The number of hydrogen-bond donors (Lipinski definition) is 0. The summed E-state index contributed by atoms with van der Waals surface area (Å²) in [6.45, 7) is 9.53. The minimum absolute atomic E-state index is 0.0283. The number of benzene rings is 1. The zero-order chi connectivity index (χ0) is 13.2. The van der Waals surface area contributed by atoms with Crippen molar-refractivity contribution in [3.8, 4) is 0 Å². The van der Waals surface area contributed by atoms with Crippen molar-refractivity contribution in [2.24, 2.45) is 0 Å². The van der Waals surface area contributed by atoms with Crippen LogP contribution in [-0.2, 0) is 10.8 Å².